The first-order valence-electron chi connectivity index (χ1n) is 8.23. The second-order valence-electron chi connectivity index (χ2n) is 6.08. The summed E-state index contributed by atoms with van der Waals surface area (Å²) in [6.07, 6.45) is 3.13. The third kappa shape index (κ3) is 4.31. The number of halogens is 1. The van der Waals surface area contributed by atoms with Crippen LogP contribution in [0.2, 0.25) is 0 Å². The minimum atomic E-state index is -0.330. The number of carbonyl (C=O) groups is 1. The van der Waals surface area contributed by atoms with Crippen molar-refractivity contribution >= 4 is 11.6 Å². The monoisotopic (exact) mass is 353 g/mol. The number of hydrogen-bond acceptors (Lipinski definition) is 4. The van der Waals surface area contributed by atoms with E-state index in [0.717, 1.165) is 11.3 Å². The molecule has 0 aliphatic rings. The number of aromatic nitrogens is 3. The van der Waals surface area contributed by atoms with E-state index in [-0.39, 0.29) is 24.3 Å². The molecule has 0 fully saturated rings. The van der Waals surface area contributed by atoms with Gasteiger partial charge in [-0.25, -0.2) is 14.1 Å². The Morgan fingerprint density at radius 3 is 2.50 bits per heavy atom. The zero-order chi connectivity index (χ0) is 18.5. The Hall–Kier alpha value is -3.06. The van der Waals surface area contributed by atoms with Crippen molar-refractivity contribution in [3.05, 3.63) is 72.6 Å². The van der Waals surface area contributed by atoms with Gasteiger partial charge in [0.15, 0.2) is 0 Å². The zero-order valence-corrected chi connectivity index (χ0v) is 14.6. The molecule has 0 spiro atoms. The van der Waals surface area contributed by atoms with Gasteiger partial charge in [-0.05, 0) is 55.9 Å². The Labute approximate surface area is 151 Å². The molecular formula is C19H20FN5O. The molecule has 134 valence electrons. The molecular weight excluding hydrogens is 333 g/mol. The highest BCUT2D eigenvalue weighted by Crippen LogP contribution is 2.20. The Balaban J connectivity index is 1.59. The first kappa shape index (κ1) is 17.8. The number of carbonyl (C=O) groups excluding carboxylic acids is 1. The van der Waals surface area contributed by atoms with Gasteiger partial charge >= 0.3 is 0 Å². The quantitative estimate of drug-likeness (QED) is 0.740. The molecule has 1 aromatic heterocycles. The van der Waals surface area contributed by atoms with Crippen LogP contribution in [-0.2, 0) is 4.79 Å². The average molecular weight is 353 g/mol. The molecule has 0 bridgehead atoms. The number of hydrogen-bond donors (Lipinski definition) is 1. The summed E-state index contributed by atoms with van der Waals surface area (Å²) in [6.45, 7) is 2.26. The molecule has 3 aromatic rings. The molecule has 0 radical (unpaired) electrons. The number of anilines is 1. The number of nitrogens with one attached hydrogen (secondary N) is 1. The maximum Gasteiger partial charge on any atom is 0.238 e. The fraction of sp³-hybridized carbons (Fsp3) is 0.211. The van der Waals surface area contributed by atoms with Gasteiger partial charge in [0.05, 0.1) is 12.2 Å². The van der Waals surface area contributed by atoms with Gasteiger partial charge < -0.3 is 5.32 Å². The number of nitrogens with zero attached hydrogens (tertiary/aromatic N) is 4. The van der Waals surface area contributed by atoms with Crippen molar-refractivity contribution in [2.45, 2.75) is 13.0 Å². The lowest BCUT2D eigenvalue weighted by atomic mass is 10.1. The highest BCUT2D eigenvalue weighted by Gasteiger charge is 2.15. The molecule has 7 heteroatoms. The lowest BCUT2D eigenvalue weighted by Gasteiger charge is -2.24. The minimum absolute atomic E-state index is 0.0544. The van der Waals surface area contributed by atoms with Gasteiger partial charge in [0.25, 0.3) is 0 Å². The van der Waals surface area contributed by atoms with E-state index in [4.69, 9.17) is 0 Å². The van der Waals surface area contributed by atoms with Gasteiger partial charge in [-0.15, -0.1) is 0 Å². The van der Waals surface area contributed by atoms with Gasteiger partial charge in [0.2, 0.25) is 5.91 Å². The summed E-state index contributed by atoms with van der Waals surface area (Å²) in [6, 6.07) is 13.7. The van der Waals surface area contributed by atoms with Gasteiger partial charge in [-0.3, -0.25) is 9.69 Å². The lowest BCUT2D eigenvalue weighted by molar-refractivity contribution is -0.117. The second-order valence-corrected chi connectivity index (χ2v) is 6.08. The van der Waals surface area contributed by atoms with Crippen LogP contribution in [0.5, 0.6) is 0 Å². The van der Waals surface area contributed by atoms with Crippen molar-refractivity contribution in [1.82, 2.24) is 19.7 Å². The van der Waals surface area contributed by atoms with Crippen LogP contribution in [0, 0.1) is 5.82 Å². The standard InChI is InChI=1S/C19H20FN5O/c1-14(15-3-9-18(10-4-15)25-13-21-12-22-25)24(2)11-19(26)23-17-7-5-16(20)6-8-17/h3-10,12-14H,11H2,1-2H3,(H,23,26). The molecule has 1 N–H and O–H groups in total. The van der Waals surface area contributed by atoms with Crippen LogP contribution in [0.3, 0.4) is 0 Å². The van der Waals surface area contributed by atoms with Crippen LogP contribution in [0.25, 0.3) is 5.69 Å². The van der Waals surface area contributed by atoms with Crippen LogP contribution in [0.15, 0.2) is 61.2 Å². The van der Waals surface area contributed by atoms with E-state index in [1.807, 2.05) is 43.1 Å². The van der Waals surface area contributed by atoms with Crippen molar-refractivity contribution in [2.24, 2.45) is 0 Å². The molecule has 6 nitrogen and oxygen atoms in total. The molecule has 3 rings (SSSR count). The fourth-order valence-corrected chi connectivity index (χ4v) is 2.60. The van der Waals surface area contributed by atoms with Crippen LogP contribution in [0.4, 0.5) is 10.1 Å². The zero-order valence-electron chi connectivity index (χ0n) is 14.6. The molecule has 1 amide bonds. The molecule has 1 atom stereocenters. The van der Waals surface area contributed by atoms with Gasteiger partial charge in [0, 0.05) is 11.7 Å². The first-order valence-corrected chi connectivity index (χ1v) is 8.23. The largest absolute Gasteiger partial charge is 0.325 e. The third-order valence-electron chi connectivity index (χ3n) is 4.24. The summed E-state index contributed by atoms with van der Waals surface area (Å²) >= 11 is 0. The summed E-state index contributed by atoms with van der Waals surface area (Å²) in [5, 5.41) is 6.87. The molecule has 1 heterocycles. The van der Waals surface area contributed by atoms with E-state index in [1.54, 1.807) is 23.1 Å². The predicted molar refractivity (Wildman–Crippen MR) is 97.4 cm³/mol. The summed E-state index contributed by atoms with van der Waals surface area (Å²) < 4.78 is 14.6. The van der Waals surface area contributed by atoms with E-state index in [0.29, 0.717) is 5.69 Å². The van der Waals surface area contributed by atoms with E-state index in [1.165, 1.54) is 18.5 Å². The lowest BCUT2D eigenvalue weighted by Crippen LogP contribution is -2.32. The van der Waals surface area contributed by atoms with Crippen LogP contribution in [-0.4, -0.2) is 39.2 Å². The molecule has 0 saturated heterocycles. The van der Waals surface area contributed by atoms with E-state index in [9.17, 15) is 9.18 Å². The Morgan fingerprint density at radius 2 is 1.88 bits per heavy atom. The summed E-state index contributed by atoms with van der Waals surface area (Å²) in [7, 11) is 1.89. The van der Waals surface area contributed by atoms with Crippen LogP contribution >= 0.6 is 0 Å². The summed E-state index contributed by atoms with van der Waals surface area (Å²) in [5.41, 5.74) is 2.59. The number of benzene rings is 2. The highest BCUT2D eigenvalue weighted by molar-refractivity contribution is 5.92. The van der Waals surface area contributed by atoms with Crippen molar-refractivity contribution < 1.29 is 9.18 Å². The van der Waals surface area contributed by atoms with E-state index in [2.05, 4.69) is 15.4 Å². The number of amides is 1. The minimum Gasteiger partial charge on any atom is -0.325 e. The van der Waals surface area contributed by atoms with Gasteiger partial charge in [-0.1, -0.05) is 12.1 Å². The molecule has 0 aliphatic carbocycles. The SMILES string of the molecule is CC(c1ccc(-n2cncn2)cc1)N(C)CC(=O)Nc1ccc(F)cc1. The maximum absolute atomic E-state index is 12.9. The Morgan fingerprint density at radius 1 is 1.19 bits per heavy atom. The highest BCUT2D eigenvalue weighted by atomic mass is 19.1. The summed E-state index contributed by atoms with van der Waals surface area (Å²) in [4.78, 5) is 18.1. The third-order valence-corrected chi connectivity index (χ3v) is 4.24. The average Bonchev–Trinajstić information content (AvgIpc) is 3.18. The molecule has 1 unspecified atom stereocenters. The smallest absolute Gasteiger partial charge is 0.238 e. The normalized spacial score (nSPS) is 12.2. The van der Waals surface area contributed by atoms with Crippen LogP contribution < -0.4 is 5.32 Å². The van der Waals surface area contributed by atoms with Crippen molar-refractivity contribution in [2.75, 3.05) is 18.9 Å². The number of rotatable bonds is 6. The molecule has 0 aliphatic heterocycles. The van der Waals surface area contributed by atoms with Crippen molar-refractivity contribution in [1.29, 1.82) is 0 Å². The van der Waals surface area contributed by atoms with Crippen molar-refractivity contribution in [3.63, 3.8) is 0 Å². The molecule has 2 aromatic carbocycles. The van der Waals surface area contributed by atoms with Crippen molar-refractivity contribution in [3.8, 4) is 5.69 Å². The predicted octanol–water partition coefficient (Wildman–Crippen LogP) is 3.04. The maximum atomic E-state index is 12.9. The Bertz CT molecular complexity index is 847. The number of likely N-dealkylation sites (N-methyl/N-ethyl adjacent to an activating group) is 1. The Kier molecular flexibility index (Phi) is 5.38. The van der Waals surface area contributed by atoms with E-state index < -0.39 is 0 Å². The second kappa shape index (κ2) is 7.88. The molecule has 0 saturated carbocycles. The van der Waals surface area contributed by atoms with Crippen LogP contribution in [0.1, 0.15) is 18.5 Å². The van der Waals surface area contributed by atoms with E-state index >= 15 is 0 Å². The topological polar surface area (TPSA) is 63.1 Å². The van der Waals surface area contributed by atoms with Gasteiger partial charge in [0.1, 0.15) is 18.5 Å². The fourth-order valence-electron chi connectivity index (χ4n) is 2.60. The first-order chi connectivity index (χ1) is 12.5. The summed E-state index contributed by atoms with van der Waals surface area (Å²) in [5.74, 6) is -0.478. The molecule has 26 heavy (non-hydrogen) atoms. The van der Waals surface area contributed by atoms with Gasteiger partial charge in [-0.2, -0.15) is 5.10 Å².